The number of unbranched alkanes of at least 4 members (excludes halogenated alkanes) is 1. The predicted octanol–water partition coefficient (Wildman–Crippen LogP) is 2.65. The summed E-state index contributed by atoms with van der Waals surface area (Å²) in [6.45, 7) is 4.63. The molecule has 0 aliphatic carbocycles. The van der Waals surface area contributed by atoms with Crippen LogP contribution in [0.4, 0.5) is 0 Å². The van der Waals surface area contributed by atoms with Crippen molar-refractivity contribution in [2.24, 2.45) is 10.2 Å². The molecule has 1 atom stereocenters. The average Bonchev–Trinajstić information content (AvgIpc) is 2.92. The molecular weight excluding hydrogens is 342 g/mol. The molecule has 0 aromatic heterocycles. The van der Waals surface area contributed by atoms with Crippen molar-refractivity contribution in [2.45, 2.75) is 38.4 Å². The van der Waals surface area contributed by atoms with Gasteiger partial charge < -0.3 is 15.2 Å². The summed E-state index contributed by atoms with van der Waals surface area (Å²) < 4.78 is 5.61. The van der Waals surface area contributed by atoms with Crippen LogP contribution in [0.5, 0.6) is 5.75 Å². The highest BCUT2D eigenvalue weighted by Crippen LogP contribution is 2.22. The highest BCUT2D eigenvalue weighted by Gasteiger charge is 2.32. The van der Waals surface area contributed by atoms with Gasteiger partial charge in [0.2, 0.25) is 5.91 Å². The van der Waals surface area contributed by atoms with E-state index in [9.17, 15) is 9.59 Å². The summed E-state index contributed by atoms with van der Waals surface area (Å²) in [6, 6.07) is 7.56. The third-order valence-electron chi connectivity index (χ3n) is 3.47. The standard InChI is InChI=1S/C17H21N3O4S/c1-3-4-9-24-13-7-5-12(6-8-13)11(2)19-20-17-18-16(23)14(25-17)10-15(21)22/h5-8,14H,3-4,9-10H2,1-2H3,(H,21,22)(H,18,20,23)/b19-11+/t14-/m1/s1. The van der Waals surface area contributed by atoms with Crippen LogP contribution in [0.2, 0.25) is 0 Å². The van der Waals surface area contributed by atoms with Crippen molar-refractivity contribution in [1.29, 1.82) is 0 Å². The van der Waals surface area contributed by atoms with Gasteiger partial charge in [-0.15, -0.1) is 5.10 Å². The van der Waals surface area contributed by atoms with Crippen LogP contribution in [0.25, 0.3) is 0 Å². The molecule has 1 aliphatic rings. The molecule has 1 aromatic carbocycles. The van der Waals surface area contributed by atoms with E-state index in [1.54, 1.807) is 0 Å². The van der Waals surface area contributed by atoms with Crippen LogP contribution in [0.3, 0.4) is 0 Å². The number of nitrogens with zero attached hydrogens (tertiary/aromatic N) is 2. The van der Waals surface area contributed by atoms with E-state index in [1.807, 2.05) is 31.2 Å². The molecule has 2 rings (SSSR count). The fourth-order valence-corrected chi connectivity index (χ4v) is 2.96. The van der Waals surface area contributed by atoms with Gasteiger partial charge in [0.1, 0.15) is 11.0 Å². The maximum Gasteiger partial charge on any atom is 0.305 e. The number of carboxylic acids is 1. The number of ether oxygens (including phenoxy) is 1. The number of amidine groups is 1. The van der Waals surface area contributed by atoms with E-state index in [-0.39, 0.29) is 12.3 Å². The minimum atomic E-state index is -1.02. The maximum atomic E-state index is 11.6. The quantitative estimate of drug-likeness (QED) is 0.420. The van der Waals surface area contributed by atoms with Gasteiger partial charge in [0.05, 0.1) is 18.7 Å². The summed E-state index contributed by atoms with van der Waals surface area (Å²) in [7, 11) is 0. The fourth-order valence-electron chi connectivity index (χ4n) is 2.05. The van der Waals surface area contributed by atoms with E-state index in [4.69, 9.17) is 9.84 Å². The number of hydrogen-bond acceptors (Lipinski definition) is 6. The van der Waals surface area contributed by atoms with Gasteiger partial charge >= 0.3 is 5.97 Å². The largest absolute Gasteiger partial charge is 0.494 e. The number of benzene rings is 1. The van der Waals surface area contributed by atoms with E-state index in [0.717, 1.165) is 35.9 Å². The minimum Gasteiger partial charge on any atom is -0.494 e. The summed E-state index contributed by atoms with van der Waals surface area (Å²) in [5.41, 5.74) is 1.58. The number of carbonyl (C=O) groups excluding carboxylic acids is 1. The molecule has 1 fully saturated rings. The van der Waals surface area contributed by atoms with Gasteiger partial charge in [0.25, 0.3) is 0 Å². The highest BCUT2D eigenvalue weighted by atomic mass is 32.2. The van der Waals surface area contributed by atoms with Crippen LogP contribution < -0.4 is 10.1 Å². The normalized spacial score (nSPS) is 19.1. The van der Waals surface area contributed by atoms with Crippen LogP contribution in [-0.2, 0) is 9.59 Å². The number of aliphatic carboxylic acids is 1. The number of nitrogens with one attached hydrogen (secondary N) is 1. The molecule has 1 heterocycles. The summed E-state index contributed by atoms with van der Waals surface area (Å²) in [6.07, 6.45) is 1.87. The zero-order valence-corrected chi connectivity index (χ0v) is 15.0. The smallest absolute Gasteiger partial charge is 0.305 e. The Labute approximate surface area is 150 Å². The van der Waals surface area contributed by atoms with Crippen LogP contribution in [0.15, 0.2) is 34.5 Å². The Morgan fingerprint density at radius 3 is 2.72 bits per heavy atom. The summed E-state index contributed by atoms with van der Waals surface area (Å²) in [5.74, 6) is -0.561. The monoisotopic (exact) mass is 363 g/mol. The van der Waals surface area contributed by atoms with E-state index in [2.05, 4.69) is 22.4 Å². The topological polar surface area (TPSA) is 100 Å². The van der Waals surface area contributed by atoms with E-state index in [1.165, 1.54) is 0 Å². The fraction of sp³-hybridized carbons (Fsp3) is 0.412. The van der Waals surface area contributed by atoms with Gasteiger partial charge in [0, 0.05) is 0 Å². The van der Waals surface area contributed by atoms with Gasteiger partial charge in [-0.25, -0.2) is 0 Å². The molecule has 7 nitrogen and oxygen atoms in total. The lowest BCUT2D eigenvalue weighted by molar-refractivity contribution is -0.138. The Hall–Kier alpha value is -2.35. The van der Waals surface area contributed by atoms with Crippen molar-refractivity contribution in [2.75, 3.05) is 6.61 Å². The molecule has 0 spiro atoms. The lowest BCUT2D eigenvalue weighted by Gasteiger charge is -2.06. The molecule has 2 N–H and O–H groups in total. The predicted molar refractivity (Wildman–Crippen MR) is 98.3 cm³/mol. The van der Waals surface area contributed by atoms with Gasteiger partial charge in [-0.3, -0.25) is 9.59 Å². The number of thioether (sulfide) groups is 1. The molecule has 8 heteroatoms. The van der Waals surface area contributed by atoms with Crippen LogP contribution in [0, 0.1) is 0 Å². The SMILES string of the molecule is CCCCOc1ccc(/C(C)=N/N=C2\NC(=O)[C@@H](CC(=O)O)S2)cc1. The molecule has 0 bridgehead atoms. The van der Waals surface area contributed by atoms with Crippen molar-refractivity contribution in [3.05, 3.63) is 29.8 Å². The zero-order chi connectivity index (χ0) is 18.2. The van der Waals surface area contributed by atoms with Crippen molar-refractivity contribution < 1.29 is 19.4 Å². The number of hydrogen-bond donors (Lipinski definition) is 2. The van der Waals surface area contributed by atoms with Gasteiger partial charge in [0.15, 0.2) is 5.17 Å². The van der Waals surface area contributed by atoms with Crippen molar-refractivity contribution in [3.63, 3.8) is 0 Å². The Balaban J connectivity index is 1.97. The second-order valence-corrected chi connectivity index (χ2v) is 6.70. The van der Waals surface area contributed by atoms with Gasteiger partial charge in [-0.1, -0.05) is 25.1 Å². The summed E-state index contributed by atoms with van der Waals surface area (Å²) in [4.78, 5) is 22.3. The van der Waals surface area contributed by atoms with Crippen molar-refractivity contribution in [1.82, 2.24) is 5.32 Å². The van der Waals surface area contributed by atoms with Crippen LogP contribution in [0.1, 0.15) is 38.7 Å². The highest BCUT2D eigenvalue weighted by molar-refractivity contribution is 8.15. The number of carboxylic acid groups (broad SMARTS) is 1. The Morgan fingerprint density at radius 1 is 1.36 bits per heavy atom. The molecule has 134 valence electrons. The van der Waals surface area contributed by atoms with Crippen molar-refractivity contribution >= 4 is 34.5 Å². The van der Waals surface area contributed by atoms with Gasteiger partial charge in [-0.05, 0) is 43.2 Å². The molecule has 0 unspecified atom stereocenters. The molecule has 0 saturated carbocycles. The lowest BCUT2D eigenvalue weighted by atomic mass is 10.1. The summed E-state index contributed by atoms with van der Waals surface area (Å²) in [5, 5.41) is 19.1. The Kier molecular flexibility index (Phi) is 7.00. The lowest BCUT2D eigenvalue weighted by Crippen LogP contribution is -2.26. The second kappa shape index (κ2) is 9.22. The molecule has 1 saturated heterocycles. The number of carbonyl (C=O) groups is 2. The Bertz CT molecular complexity index is 686. The summed E-state index contributed by atoms with van der Waals surface area (Å²) >= 11 is 1.08. The first-order valence-electron chi connectivity index (χ1n) is 8.04. The first-order valence-corrected chi connectivity index (χ1v) is 8.92. The molecule has 1 aliphatic heterocycles. The Morgan fingerprint density at radius 2 is 2.08 bits per heavy atom. The van der Waals surface area contributed by atoms with E-state index >= 15 is 0 Å². The third-order valence-corrected chi connectivity index (χ3v) is 4.54. The molecule has 1 amide bonds. The van der Waals surface area contributed by atoms with Crippen molar-refractivity contribution in [3.8, 4) is 5.75 Å². The molecule has 25 heavy (non-hydrogen) atoms. The number of amides is 1. The molecular formula is C17H21N3O4S. The van der Waals surface area contributed by atoms with Crippen LogP contribution in [-0.4, -0.2) is 39.7 Å². The van der Waals surface area contributed by atoms with Crippen LogP contribution >= 0.6 is 11.8 Å². The molecule has 1 aromatic rings. The minimum absolute atomic E-state index is 0.238. The van der Waals surface area contributed by atoms with E-state index < -0.39 is 11.2 Å². The zero-order valence-electron chi connectivity index (χ0n) is 14.2. The van der Waals surface area contributed by atoms with E-state index in [0.29, 0.717) is 17.5 Å². The second-order valence-electron chi connectivity index (χ2n) is 5.51. The average molecular weight is 363 g/mol. The third kappa shape index (κ3) is 5.90. The molecule has 0 radical (unpaired) electrons. The first kappa shape index (κ1) is 19.0. The first-order chi connectivity index (χ1) is 12.0. The number of rotatable bonds is 8. The maximum absolute atomic E-state index is 11.6. The van der Waals surface area contributed by atoms with Gasteiger partial charge in [-0.2, -0.15) is 5.10 Å².